The molecule has 0 heteroatoms. The molecule has 0 saturated carbocycles. The summed E-state index contributed by atoms with van der Waals surface area (Å²) < 4.78 is 0. The topological polar surface area (TPSA) is 0 Å². The molecule has 2 aromatic rings. The molecule has 2 rings (SSSR count). The SMILES string of the molecule is CC(C)(C)C.CC(C)(C)c1ccccc1.CC(C)C.CC(C)c1ccccc1.CCC.CCC(C)(C)C. The van der Waals surface area contributed by atoms with E-state index >= 15 is 0 Å². The molecular formula is C37H70. The molecule has 0 spiro atoms. The molecule has 0 saturated heterocycles. The molecule has 0 radical (unpaired) electrons. The summed E-state index contributed by atoms with van der Waals surface area (Å²) in [5, 5.41) is 0. The number of hydrogen-bond donors (Lipinski definition) is 0. The molecule has 0 atom stereocenters. The van der Waals surface area contributed by atoms with Crippen LogP contribution in [0.25, 0.3) is 0 Å². The average Bonchev–Trinajstić information content (AvgIpc) is 2.74. The summed E-state index contributed by atoms with van der Waals surface area (Å²) in [4.78, 5) is 0. The number of rotatable bonds is 1. The van der Waals surface area contributed by atoms with E-state index in [0.717, 1.165) is 5.92 Å². The van der Waals surface area contributed by atoms with Gasteiger partial charge in [-0.2, -0.15) is 0 Å². The predicted octanol–water partition coefficient (Wildman–Crippen LogP) is 13.4. The van der Waals surface area contributed by atoms with Gasteiger partial charge in [-0.05, 0) is 39.2 Å². The first kappa shape index (κ1) is 42.5. The van der Waals surface area contributed by atoms with Crippen molar-refractivity contribution in [2.24, 2.45) is 16.7 Å². The van der Waals surface area contributed by atoms with Crippen molar-refractivity contribution >= 4 is 0 Å². The molecule has 0 bridgehead atoms. The molecule has 0 aliphatic carbocycles. The minimum absolute atomic E-state index is 0.293. The fraction of sp³-hybridized carbons (Fsp3) is 0.676. The molecule has 0 nitrogen and oxygen atoms in total. The van der Waals surface area contributed by atoms with Gasteiger partial charge in [0.05, 0.1) is 0 Å². The van der Waals surface area contributed by atoms with E-state index in [-0.39, 0.29) is 0 Å². The van der Waals surface area contributed by atoms with Gasteiger partial charge >= 0.3 is 0 Å². The Morgan fingerprint density at radius 2 is 0.784 bits per heavy atom. The second-order valence-electron chi connectivity index (χ2n) is 14.5. The monoisotopic (exact) mass is 515 g/mol. The van der Waals surface area contributed by atoms with Gasteiger partial charge in [-0.1, -0.05) is 198 Å². The maximum Gasteiger partial charge on any atom is -0.0132 e. The van der Waals surface area contributed by atoms with E-state index in [4.69, 9.17) is 0 Å². The third-order valence-corrected chi connectivity index (χ3v) is 4.17. The van der Waals surface area contributed by atoms with Crippen LogP contribution in [0.2, 0.25) is 0 Å². The molecular weight excluding hydrogens is 444 g/mol. The fourth-order valence-corrected chi connectivity index (χ4v) is 1.78. The first-order valence-corrected chi connectivity index (χ1v) is 14.7. The quantitative estimate of drug-likeness (QED) is 0.355. The molecule has 37 heavy (non-hydrogen) atoms. The van der Waals surface area contributed by atoms with E-state index in [1.54, 1.807) is 0 Å². The Kier molecular flexibility index (Phi) is 27.1. The highest BCUT2D eigenvalue weighted by Crippen LogP contribution is 2.20. The Labute approximate surface area is 237 Å². The van der Waals surface area contributed by atoms with Crippen LogP contribution >= 0.6 is 0 Å². The van der Waals surface area contributed by atoms with Crippen LogP contribution in [-0.4, -0.2) is 0 Å². The lowest BCUT2D eigenvalue weighted by atomic mass is 9.87. The zero-order valence-electron chi connectivity index (χ0n) is 28.8. The van der Waals surface area contributed by atoms with E-state index in [0.29, 0.717) is 22.2 Å². The highest BCUT2D eigenvalue weighted by Gasteiger charge is 2.11. The maximum absolute atomic E-state index is 2.24. The smallest absolute Gasteiger partial charge is 0.0132 e. The normalized spacial score (nSPS) is 10.6. The summed E-state index contributed by atoms with van der Waals surface area (Å²) in [6.45, 7) is 39.5. The van der Waals surface area contributed by atoms with Crippen LogP contribution in [0.3, 0.4) is 0 Å². The highest BCUT2D eigenvalue weighted by atomic mass is 14.2. The Balaban J connectivity index is -0.000000186. The molecule has 0 aliphatic heterocycles. The van der Waals surface area contributed by atoms with Crippen LogP contribution in [0.4, 0.5) is 0 Å². The third kappa shape index (κ3) is 48.1. The minimum atomic E-state index is 0.293. The van der Waals surface area contributed by atoms with Crippen LogP contribution in [-0.2, 0) is 5.41 Å². The average molecular weight is 515 g/mol. The molecule has 0 unspecified atom stereocenters. The standard InChI is InChI=1S/C10H14.C9H12.C6H14.C5H12.C4H10.C3H8/c1-10(2,3)9-7-5-4-6-8-9;1-8(2)9-6-4-3-5-7-9;1-5-6(2,3)4;1-5(2,3)4;1-4(2)3;1-3-2/h4-8H,1-3H3;3-8H,1-2H3;5H2,1-4H3;1-4H3;4H,1-3H3;3H2,1-2H3. The van der Waals surface area contributed by atoms with E-state index in [1.807, 2.05) is 6.07 Å². The van der Waals surface area contributed by atoms with E-state index in [2.05, 4.69) is 179 Å². The summed E-state index contributed by atoms with van der Waals surface area (Å²) in [6, 6.07) is 21.1. The van der Waals surface area contributed by atoms with Crippen LogP contribution in [0.5, 0.6) is 0 Å². The Bertz CT molecular complexity index is 662. The number of hydrogen-bond acceptors (Lipinski definition) is 0. The lowest BCUT2D eigenvalue weighted by molar-refractivity contribution is 0.398. The first-order valence-electron chi connectivity index (χ1n) is 14.7. The molecule has 0 amide bonds. The van der Waals surface area contributed by atoms with Crippen molar-refractivity contribution in [1.82, 2.24) is 0 Å². The van der Waals surface area contributed by atoms with E-state index < -0.39 is 0 Å². The molecule has 218 valence electrons. The Morgan fingerprint density at radius 3 is 0.919 bits per heavy atom. The predicted molar refractivity (Wildman–Crippen MR) is 177 cm³/mol. The largest absolute Gasteiger partial charge is 0.0656 e. The maximum atomic E-state index is 2.24. The van der Waals surface area contributed by atoms with E-state index in [1.165, 1.54) is 24.0 Å². The van der Waals surface area contributed by atoms with Crippen molar-refractivity contribution < 1.29 is 0 Å². The summed E-state index contributed by atoms with van der Waals surface area (Å²) in [5.41, 5.74) is 4.15. The molecule has 0 aromatic heterocycles. The van der Waals surface area contributed by atoms with Crippen molar-refractivity contribution in [3.8, 4) is 0 Å². The van der Waals surface area contributed by atoms with Crippen LogP contribution in [0, 0.1) is 16.7 Å². The minimum Gasteiger partial charge on any atom is -0.0656 e. The van der Waals surface area contributed by atoms with Gasteiger partial charge in [0.1, 0.15) is 0 Å². The van der Waals surface area contributed by atoms with Gasteiger partial charge in [-0.3, -0.25) is 0 Å². The lowest BCUT2D eigenvalue weighted by Crippen LogP contribution is -2.10. The zero-order chi connectivity index (χ0) is 30.3. The van der Waals surface area contributed by atoms with Crippen molar-refractivity contribution in [3.05, 3.63) is 71.8 Å². The molecule has 0 N–H and O–H groups in total. The van der Waals surface area contributed by atoms with Gasteiger partial charge in [0.25, 0.3) is 0 Å². The first-order chi connectivity index (χ1) is 16.6. The Hall–Kier alpha value is -1.56. The molecule has 0 aliphatic rings. The fourth-order valence-electron chi connectivity index (χ4n) is 1.78. The highest BCUT2D eigenvalue weighted by molar-refractivity contribution is 5.22. The van der Waals surface area contributed by atoms with Crippen LogP contribution < -0.4 is 0 Å². The van der Waals surface area contributed by atoms with Gasteiger partial charge in [0.15, 0.2) is 0 Å². The van der Waals surface area contributed by atoms with Crippen LogP contribution in [0.15, 0.2) is 60.7 Å². The van der Waals surface area contributed by atoms with Gasteiger partial charge < -0.3 is 0 Å². The zero-order valence-corrected chi connectivity index (χ0v) is 28.8. The van der Waals surface area contributed by atoms with Crippen molar-refractivity contribution in [1.29, 1.82) is 0 Å². The van der Waals surface area contributed by atoms with Gasteiger partial charge in [0.2, 0.25) is 0 Å². The van der Waals surface area contributed by atoms with Crippen LogP contribution in [0.1, 0.15) is 155 Å². The summed E-state index contributed by atoms with van der Waals surface area (Å²) in [7, 11) is 0. The number of benzene rings is 2. The third-order valence-electron chi connectivity index (χ3n) is 4.17. The second-order valence-corrected chi connectivity index (χ2v) is 14.5. The summed E-state index contributed by atoms with van der Waals surface area (Å²) >= 11 is 0. The Morgan fingerprint density at radius 1 is 0.541 bits per heavy atom. The molecule has 2 aromatic carbocycles. The van der Waals surface area contributed by atoms with Gasteiger partial charge in [-0.25, -0.2) is 0 Å². The summed E-state index contributed by atoms with van der Waals surface area (Å²) in [6.07, 6.45) is 2.52. The lowest BCUT2D eigenvalue weighted by Gasteiger charge is -2.18. The second kappa shape index (κ2) is 23.5. The van der Waals surface area contributed by atoms with Crippen molar-refractivity contribution in [3.63, 3.8) is 0 Å². The molecule has 0 heterocycles. The van der Waals surface area contributed by atoms with E-state index in [9.17, 15) is 0 Å². The molecule has 0 fully saturated rings. The summed E-state index contributed by atoms with van der Waals surface area (Å²) in [5.74, 6) is 1.49. The van der Waals surface area contributed by atoms with Crippen molar-refractivity contribution in [2.45, 2.75) is 149 Å². The van der Waals surface area contributed by atoms with Gasteiger partial charge in [0, 0.05) is 0 Å². The van der Waals surface area contributed by atoms with Gasteiger partial charge in [-0.15, -0.1) is 0 Å². The van der Waals surface area contributed by atoms with Crippen molar-refractivity contribution in [2.75, 3.05) is 0 Å².